The molecule has 0 radical (unpaired) electrons. The highest BCUT2D eigenvalue weighted by Gasteiger charge is 2.22. The summed E-state index contributed by atoms with van der Waals surface area (Å²) < 4.78 is 5.32. The smallest absolute Gasteiger partial charge is 0.245 e. The Balaban J connectivity index is 2.01. The lowest BCUT2D eigenvalue weighted by atomic mass is 10.0. The molecule has 1 N–H and O–H groups in total. The number of hydrogen-bond acceptors (Lipinski definition) is 5. The molecule has 1 amide bonds. The fourth-order valence-electron chi connectivity index (χ4n) is 2.29. The van der Waals surface area contributed by atoms with E-state index in [1.807, 2.05) is 24.3 Å². The second-order valence-corrected chi connectivity index (χ2v) is 5.10. The summed E-state index contributed by atoms with van der Waals surface area (Å²) in [5.41, 5.74) is 1.95. The molecular formula is C17H19N3O3. The number of amides is 1. The van der Waals surface area contributed by atoms with Gasteiger partial charge in [-0.2, -0.15) is 5.26 Å². The van der Waals surface area contributed by atoms with Crippen LogP contribution in [-0.4, -0.2) is 45.0 Å². The SMILES string of the molecule is CNC(=O)[C@H](C#N)C(=O)/C=C\c1ccc(N2CCOCC2)cc1. The molecule has 0 aromatic heterocycles. The molecule has 0 unspecified atom stereocenters. The number of allylic oxidation sites excluding steroid dienone is 1. The molecule has 120 valence electrons. The fourth-order valence-corrected chi connectivity index (χ4v) is 2.29. The Labute approximate surface area is 135 Å². The Kier molecular flexibility index (Phi) is 5.89. The number of nitriles is 1. The number of carbonyl (C=O) groups excluding carboxylic acids is 2. The highest BCUT2D eigenvalue weighted by Crippen LogP contribution is 2.17. The third-order valence-electron chi connectivity index (χ3n) is 3.63. The average molecular weight is 313 g/mol. The average Bonchev–Trinajstić information content (AvgIpc) is 2.61. The van der Waals surface area contributed by atoms with E-state index in [-0.39, 0.29) is 0 Å². The van der Waals surface area contributed by atoms with Crippen molar-refractivity contribution in [2.45, 2.75) is 0 Å². The number of ether oxygens (including phenoxy) is 1. The second kappa shape index (κ2) is 8.11. The molecule has 1 aliphatic heterocycles. The van der Waals surface area contributed by atoms with Crippen molar-refractivity contribution < 1.29 is 14.3 Å². The van der Waals surface area contributed by atoms with Gasteiger partial charge < -0.3 is 15.0 Å². The van der Waals surface area contributed by atoms with Crippen LogP contribution in [-0.2, 0) is 14.3 Å². The molecule has 1 aliphatic rings. The van der Waals surface area contributed by atoms with Crippen molar-refractivity contribution in [3.63, 3.8) is 0 Å². The van der Waals surface area contributed by atoms with Gasteiger partial charge in [-0.05, 0) is 23.8 Å². The van der Waals surface area contributed by atoms with Crippen LogP contribution in [0.3, 0.4) is 0 Å². The first-order chi connectivity index (χ1) is 11.2. The molecule has 6 heteroatoms. The number of rotatable bonds is 5. The quantitative estimate of drug-likeness (QED) is 0.647. The summed E-state index contributed by atoms with van der Waals surface area (Å²) in [6.45, 7) is 3.18. The van der Waals surface area contributed by atoms with Gasteiger partial charge in [0, 0.05) is 25.8 Å². The van der Waals surface area contributed by atoms with Gasteiger partial charge in [0.25, 0.3) is 0 Å². The van der Waals surface area contributed by atoms with E-state index in [4.69, 9.17) is 10.00 Å². The summed E-state index contributed by atoms with van der Waals surface area (Å²) in [5, 5.41) is 11.2. The van der Waals surface area contributed by atoms with Gasteiger partial charge in [-0.1, -0.05) is 18.2 Å². The van der Waals surface area contributed by atoms with E-state index in [1.165, 1.54) is 13.1 Å². The molecule has 0 bridgehead atoms. The zero-order valence-electron chi connectivity index (χ0n) is 13.0. The van der Waals surface area contributed by atoms with Crippen LogP contribution in [0.2, 0.25) is 0 Å². The van der Waals surface area contributed by atoms with Crippen LogP contribution in [0.4, 0.5) is 5.69 Å². The minimum absolute atomic E-state index is 0.524. The first-order valence-electron chi connectivity index (χ1n) is 7.41. The number of nitrogens with zero attached hydrogens (tertiary/aromatic N) is 2. The minimum atomic E-state index is -1.30. The van der Waals surface area contributed by atoms with Crippen molar-refractivity contribution in [2.24, 2.45) is 5.92 Å². The van der Waals surface area contributed by atoms with E-state index in [2.05, 4.69) is 10.2 Å². The molecular weight excluding hydrogens is 294 g/mol. The molecule has 6 nitrogen and oxygen atoms in total. The van der Waals surface area contributed by atoms with Crippen molar-refractivity contribution in [1.82, 2.24) is 5.32 Å². The molecule has 0 aliphatic carbocycles. The van der Waals surface area contributed by atoms with E-state index < -0.39 is 17.6 Å². The third-order valence-corrected chi connectivity index (χ3v) is 3.63. The maximum absolute atomic E-state index is 11.9. The van der Waals surface area contributed by atoms with Crippen LogP contribution >= 0.6 is 0 Å². The lowest BCUT2D eigenvalue weighted by Crippen LogP contribution is -2.36. The first-order valence-corrected chi connectivity index (χ1v) is 7.41. The molecule has 1 atom stereocenters. The Morgan fingerprint density at radius 1 is 1.30 bits per heavy atom. The van der Waals surface area contributed by atoms with Crippen LogP contribution in [0.1, 0.15) is 5.56 Å². The molecule has 1 saturated heterocycles. The number of benzene rings is 1. The van der Waals surface area contributed by atoms with E-state index in [1.54, 1.807) is 12.1 Å². The zero-order valence-corrected chi connectivity index (χ0v) is 13.0. The standard InChI is InChI=1S/C17H19N3O3/c1-19-17(22)15(12-18)16(21)7-4-13-2-5-14(6-3-13)20-8-10-23-11-9-20/h2-7,15H,8-11H2,1H3,(H,19,22)/b7-4-/t15-/m1/s1. The summed E-state index contributed by atoms with van der Waals surface area (Å²) in [4.78, 5) is 25.5. The fraction of sp³-hybridized carbons (Fsp3) is 0.353. The van der Waals surface area contributed by atoms with Crippen molar-refractivity contribution in [3.8, 4) is 6.07 Å². The van der Waals surface area contributed by atoms with Gasteiger partial charge in [-0.3, -0.25) is 9.59 Å². The third kappa shape index (κ3) is 4.41. The van der Waals surface area contributed by atoms with Gasteiger partial charge in [-0.25, -0.2) is 0 Å². The maximum atomic E-state index is 11.9. The van der Waals surface area contributed by atoms with Crippen LogP contribution in [0.25, 0.3) is 6.08 Å². The summed E-state index contributed by atoms with van der Waals surface area (Å²) in [5.74, 6) is -2.42. The highest BCUT2D eigenvalue weighted by atomic mass is 16.5. The van der Waals surface area contributed by atoms with E-state index in [9.17, 15) is 9.59 Å². The highest BCUT2D eigenvalue weighted by molar-refractivity contribution is 6.10. The van der Waals surface area contributed by atoms with Crippen molar-refractivity contribution in [3.05, 3.63) is 35.9 Å². The van der Waals surface area contributed by atoms with Crippen molar-refractivity contribution in [2.75, 3.05) is 38.3 Å². The summed E-state index contributed by atoms with van der Waals surface area (Å²) in [6, 6.07) is 9.47. The van der Waals surface area contributed by atoms with Crippen LogP contribution in [0.5, 0.6) is 0 Å². The van der Waals surface area contributed by atoms with Crippen molar-refractivity contribution >= 4 is 23.5 Å². The van der Waals surface area contributed by atoms with E-state index >= 15 is 0 Å². The Morgan fingerprint density at radius 3 is 2.52 bits per heavy atom. The topological polar surface area (TPSA) is 82.4 Å². The first kappa shape index (κ1) is 16.7. The number of ketones is 1. The lowest BCUT2D eigenvalue weighted by molar-refractivity contribution is -0.129. The molecule has 1 fully saturated rings. The molecule has 1 aromatic carbocycles. The number of anilines is 1. The number of morpholine rings is 1. The van der Waals surface area contributed by atoms with Gasteiger partial charge in [0.1, 0.15) is 0 Å². The van der Waals surface area contributed by atoms with Crippen LogP contribution in [0, 0.1) is 17.2 Å². The van der Waals surface area contributed by atoms with E-state index in [0.717, 1.165) is 37.6 Å². The predicted octanol–water partition coefficient (Wildman–Crippen LogP) is 0.991. The molecule has 1 aromatic rings. The van der Waals surface area contributed by atoms with Gasteiger partial charge in [0.05, 0.1) is 19.3 Å². The minimum Gasteiger partial charge on any atom is -0.378 e. The van der Waals surface area contributed by atoms with Gasteiger partial charge in [0.2, 0.25) is 5.91 Å². The Morgan fingerprint density at radius 2 is 1.96 bits per heavy atom. The van der Waals surface area contributed by atoms with Crippen molar-refractivity contribution in [1.29, 1.82) is 5.26 Å². The molecule has 0 saturated carbocycles. The molecule has 2 rings (SSSR count). The number of nitrogens with one attached hydrogen (secondary N) is 1. The normalized spacial score (nSPS) is 15.9. The van der Waals surface area contributed by atoms with Gasteiger partial charge >= 0.3 is 0 Å². The molecule has 1 heterocycles. The Bertz CT molecular complexity index is 625. The van der Waals surface area contributed by atoms with Crippen LogP contribution < -0.4 is 10.2 Å². The summed E-state index contributed by atoms with van der Waals surface area (Å²) >= 11 is 0. The predicted molar refractivity (Wildman–Crippen MR) is 86.7 cm³/mol. The Hall–Kier alpha value is -2.65. The monoisotopic (exact) mass is 313 g/mol. The second-order valence-electron chi connectivity index (χ2n) is 5.10. The lowest BCUT2D eigenvalue weighted by Gasteiger charge is -2.28. The molecule has 0 spiro atoms. The summed E-state index contributed by atoms with van der Waals surface area (Å²) in [6.07, 6.45) is 2.88. The summed E-state index contributed by atoms with van der Waals surface area (Å²) in [7, 11) is 1.40. The van der Waals surface area contributed by atoms with Crippen LogP contribution in [0.15, 0.2) is 30.3 Å². The number of carbonyl (C=O) groups is 2. The molecule has 23 heavy (non-hydrogen) atoms. The maximum Gasteiger partial charge on any atom is 0.245 e. The number of hydrogen-bond donors (Lipinski definition) is 1. The van der Waals surface area contributed by atoms with E-state index in [0.29, 0.717) is 0 Å². The van der Waals surface area contributed by atoms with Gasteiger partial charge in [0.15, 0.2) is 11.7 Å². The van der Waals surface area contributed by atoms with Gasteiger partial charge in [-0.15, -0.1) is 0 Å². The zero-order chi connectivity index (χ0) is 16.7. The largest absolute Gasteiger partial charge is 0.378 e.